The second-order valence-electron chi connectivity index (χ2n) is 10.8. The fourth-order valence-corrected chi connectivity index (χ4v) is 3.82. The topological polar surface area (TPSA) is 105 Å². The number of nitrogens with one attached hydrogen (secondary N) is 3. The third-order valence-corrected chi connectivity index (χ3v) is 6.55. The standard InChI is InChI=1S/C26H19F6N3O4.C5H13N/c1-33-23(37)20-18-10-17(14-5-8-19(38-2)15(9-14)11-36)22(34-12-25(28,29)26(30,31)32)35-24(18)39-21(20)13-3-6-16(27)7-4-13;1-5(2,3)6-4/h3-11H,12H2,1-2H3,(H,33,37)(H,34,35);6H,1-4H3. The molecule has 0 unspecified atom stereocenters. The van der Waals surface area contributed by atoms with Crippen molar-refractivity contribution in [3.05, 3.63) is 65.5 Å². The van der Waals surface area contributed by atoms with Gasteiger partial charge in [0.1, 0.15) is 23.1 Å². The van der Waals surface area contributed by atoms with Gasteiger partial charge >= 0.3 is 12.1 Å². The summed E-state index contributed by atoms with van der Waals surface area (Å²) < 4.78 is 90.4. The normalized spacial score (nSPS) is 11.9. The summed E-state index contributed by atoms with van der Waals surface area (Å²) in [6, 6.07) is 10.4. The van der Waals surface area contributed by atoms with Crippen molar-refractivity contribution in [1.29, 1.82) is 0 Å². The van der Waals surface area contributed by atoms with Crippen molar-refractivity contribution in [3.8, 4) is 28.2 Å². The average molecular weight is 639 g/mol. The van der Waals surface area contributed by atoms with E-state index in [9.17, 15) is 35.9 Å². The van der Waals surface area contributed by atoms with Gasteiger partial charge in [-0.05, 0) is 75.8 Å². The van der Waals surface area contributed by atoms with E-state index in [4.69, 9.17) is 9.15 Å². The molecule has 0 radical (unpaired) electrons. The van der Waals surface area contributed by atoms with Gasteiger partial charge in [-0.15, -0.1) is 0 Å². The zero-order valence-electron chi connectivity index (χ0n) is 25.3. The predicted octanol–water partition coefficient (Wildman–Crippen LogP) is 7.10. The van der Waals surface area contributed by atoms with Gasteiger partial charge in [0, 0.05) is 23.7 Å². The number of anilines is 1. The van der Waals surface area contributed by atoms with Crippen molar-refractivity contribution >= 4 is 29.1 Å². The lowest BCUT2D eigenvalue weighted by Gasteiger charge is -2.21. The highest BCUT2D eigenvalue weighted by molar-refractivity contribution is 6.11. The van der Waals surface area contributed by atoms with Gasteiger partial charge in [0.15, 0.2) is 6.29 Å². The molecule has 0 aliphatic heterocycles. The van der Waals surface area contributed by atoms with Crippen molar-refractivity contribution < 1.29 is 45.1 Å². The number of benzene rings is 2. The zero-order valence-corrected chi connectivity index (χ0v) is 25.3. The number of amides is 1. The number of carbonyl (C=O) groups is 2. The number of pyridine rings is 1. The number of nitrogens with zero attached hydrogens (tertiary/aromatic N) is 1. The second-order valence-corrected chi connectivity index (χ2v) is 10.8. The Kier molecular flexibility index (Phi) is 10.5. The number of fused-ring (bicyclic) bond motifs is 1. The van der Waals surface area contributed by atoms with Gasteiger partial charge in [-0.3, -0.25) is 9.59 Å². The molecule has 0 saturated carbocycles. The molecule has 1 amide bonds. The summed E-state index contributed by atoms with van der Waals surface area (Å²) in [7, 11) is 4.62. The summed E-state index contributed by atoms with van der Waals surface area (Å²) in [5, 5.41) is 7.66. The SMILES string of the molecule is CNC(=O)c1c(-c2ccc(F)cc2)oc2nc(NCC(F)(F)C(F)(F)F)c(-c3ccc(OC)c(C=O)c3)cc12.CNC(C)(C)C. The number of ether oxygens (including phenoxy) is 1. The Bertz CT molecular complexity index is 1660. The van der Waals surface area contributed by atoms with Crippen LogP contribution in [0.5, 0.6) is 5.75 Å². The van der Waals surface area contributed by atoms with E-state index in [2.05, 4.69) is 36.4 Å². The van der Waals surface area contributed by atoms with Crippen LogP contribution >= 0.6 is 0 Å². The van der Waals surface area contributed by atoms with Crippen LogP contribution in [0.25, 0.3) is 33.6 Å². The first-order valence-electron chi connectivity index (χ1n) is 13.4. The van der Waals surface area contributed by atoms with Gasteiger partial charge in [-0.25, -0.2) is 4.39 Å². The minimum atomic E-state index is -5.83. The summed E-state index contributed by atoms with van der Waals surface area (Å²) in [6.07, 6.45) is -5.36. The van der Waals surface area contributed by atoms with Crippen molar-refractivity contribution in [3.63, 3.8) is 0 Å². The van der Waals surface area contributed by atoms with Gasteiger partial charge in [-0.2, -0.15) is 26.9 Å². The van der Waals surface area contributed by atoms with Crippen LogP contribution < -0.4 is 20.7 Å². The molecule has 4 aromatic rings. The third-order valence-electron chi connectivity index (χ3n) is 6.55. The van der Waals surface area contributed by atoms with Gasteiger partial charge < -0.3 is 25.1 Å². The number of aldehydes is 1. The summed E-state index contributed by atoms with van der Waals surface area (Å²) in [5.74, 6) is -6.58. The quantitative estimate of drug-likeness (QED) is 0.140. The fraction of sp³-hybridized carbons (Fsp3) is 0.323. The van der Waals surface area contributed by atoms with E-state index in [1.807, 2.05) is 12.4 Å². The molecule has 45 heavy (non-hydrogen) atoms. The molecule has 0 bridgehead atoms. The monoisotopic (exact) mass is 638 g/mol. The molecule has 0 aliphatic rings. The Morgan fingerprint density at radius 1 is 0.978 bits per heavy atom. The first-order valence-corrected chi connectivity index (χ1v) is 13.4. The summed E-state index contributed by atoms with van der Waals surface area (Å²) in [6.45, 7) is 4.54. The van der Waals surface area contributed by atoms with Crippen LogP contribution in [0.2, 0.25) is 0 Å². The average Bonchev–Trinajstić information content (AvgIpc) is 3.36. The van der Waals surface area contributed by atoms with Crippen molar-refractivity contribution in [1.82, 2.24) is 15.6 Å². The Morgan fingerprint density at radius 3 is 2.09 bits per heavy atom. The maximum absolute atomic E-state index is 13.8. The molecular formula is C31H32F6N4O4. The Balaban J connectivity index is 0.000000838. The number of rotatable bonds is 8. The van der Waals surface area contributed by atoms with Crippen LogP contribution in [0.3, 0.4) is 0 Å². The molecule has 2 aromatic carbocycles. The lowest BCUT2D eigenvalue weighted by Crippen LogP contribution is -2.42. The van der Waals surface area contributed by atoms with Crippen LogP contribution in [-0.4, -0.2) is 62.6 Å². The van der Waals surface area contributed by atoms with Gasteiger partial charge in [0.2, 0.25) is 5.71 Å². The molecule has 0 atom stereocenters. The fourth-order valence-electron chi connectivity index (χ4n) is 3.82. The highest BCUT2D eigenvalue weighted by Gasteiger charge is 2.57. The first-order chi connectivity index (χ1) is 21.0. The second kappa shape index (κ2) is 13.6. The van der Waals surface area contributed by atoms with E-state index in [0.29, 0.717) is 11.8 Å². The van der Waals surface area contributed by atoms with E-state index in [-0.39, 0.29) is 50.4 Å². The molecule has 3 N–H and O–H groups in total. The number of carbonyl (C=O) groups excluding carboxylic acids is 2. The first kappa shape index (κ1) is 34.9. The molecule has 0 aliphatic carbocycles. The molecule has 2 heterocycles. The van der Waals surface area contributed by atoms with Crippen LogP contribution in [0.1, 0.15) is 41.5 Å². The van der Waals surface area contributed by atoms with Crippen LogP contribution in [0, 0.1) is 5.82 Å². The number of halogens is 6. The van der Waals surface area contributed by atoms with Crippen LogP contribution in [0.4, 0.5) is 32.2 Å². The number of furan rings is 1. The van der Waals surface area contributed by atoms with Crippen molar-refractivity contribution in [2.45, 2.75) is 38.4 Å². The molecule has 2 aromatic heterocycles. The molecule has 0 fully saturated rings. The summed E-state index contributed by atoms with van der Waals surface area (Å²) in [5.41, 5.74) is 0.510. The van der Waals surface area contributed by atoms with E-state index in [0.717, 1.165) is 12.1 Å². The van der Waals surface area contributed by atoms with Gasteiger partial charge in [-0.1, -0.05) is 6.07 Å². The maximum Gasteiger partial charge on any atom is 0.455 e. The number of hydrogen-bond donors (Lipinski definition) is 3. The zero-order chi connectivity index (χ0) is 33.7. The molecule has 242 valence electrons. The number of aromatic nitrogens is 1. The number of methoxy groups -OCH3 is 1. The minimum Gasteiger partial charge on any atom is -0.496 e. The number of alkyl halides is 5. The molecule has 8 nitrogen and oxygen atoms in total. The third kappa shape index (κ3) is 8.12. The van der Waals surface area contributed by atoms with E-state index in [1.54, 1.807) is 0 Å². The molecule has 0 spiro atoms. The van der Waals surface area contributed by atoms with Crippen molar-refractivity contribution in [2.24, 2.45) is 0 Å². The Morgan fingerprint density at radius 2 is 1.58 bits per heavy atom. The lowest BCUT2D eigenvalue weighted by molar-refractivity contribution is -0.275. The molecule has 4 rings (SSSR count). The van der Waals surface area contributed by atoms with Gasteiger partial charge in [0.05, 0.1) is 30.2 Å². The molecule has 0 saturated heterocycles. The minimum absolute atomic E-state index is 0.0113. The molecule has 14 heteroatoms. The van der Waals surface area contributed by atoms with Crippen molar-refractivity contribution in [2.75, 3.05) is 33.1 Å². The smallest absolute Gasteiger partial charge is 0.455 e. The predicted molar refractivity (Wildman–Crippen MR) is 158 cm³/mol. The van der Waals surface area contributed by atoms with E-state index in [1.165, 1.54) is 50.6 Å². The largest absolute Gasteiger partial charge is 0.496 e. The molecular weight excluding hydrogens is 606 g/mol. The van der Waals surface area contributed by atoms with E-state index >= 15 is 0 Å². The van der Waals surface area contributed by atoms with Gasteiger partial charge in [0.25, 0.3) is 5.91 Å². The highest BCUT2D eigenvalue weighted by atomic mass is 19.4. The Labute approximate surface area is 255 Å². The highest BCUT2D eigenvalue weighted by Crippen LogP contribution is 2.40. The van der Waals surface area contributed by atoms with Crippen LogP contribution in [0.15, 0.2) is 52.9 Å². The maximum atomic E-state index is 13.8. The summed E-state index contributed by atoms with van der Waals surface area (Å²) in [4.78, 5) is 28.6. The summed E-state index contributed by atoms with van der Waals surface area (Å²) >= 11 is 0. The van der Waals surface area contributed by atoms with E-state index < -0.39 is 36.2 Å². The Hall–Kier alpha value is -4.59. The van der Waals surface area contributed by atoms with Crippen LogP contribution in [-0.2, 0) is 0 Å². The number of hydrogen-bond acceptors (Lipinski definition) is 7. The lowest BCUT2D eigenvalue weighted by atomic mass is 10.00.